The van der Waals surface area contributed by atoms with Crippen LogP contribution in [0.3, 0.4) is 0 Å². The lowest BCUT2D eigenvalue weighted by atomic mass is 9.47. The number of piperidine rings is 1. The van der Waals surface area contributed by atoms with Crippen molar-refractivity contribution in [2.75, 3.05) is 33.4 Å². The second kappa shape index (κ2) is 10.6. The Morgan fingerprint density at radius 3 is 2.57 bits per heavy atom. The molecule has 0 aromatic heterocycles. The summed E-state index contributed by atoms with van der Waals surface area (Å²) in [4.78, 5) is 30.4. The van der Waals surface area contributed by atoms with Crippen LogP contribution in [0.25, 0.3) is 0 Å². The number of hydrogen-bond acceptors (Lipinski definition) is 4. The van der Waals surface area contributed by atoms with E-state index < -0.39 is 0 Å². The van der Waals surface area contributed by atoms with E-state index in [1.165, 1.54) is 12.8 Å². The van der Waals surface area contributed by atoms with Gasteiger partial charge >= 0.3 is 0 Å². The molecule has 7 atom stereocenters. The molecule has 0 aromatic rings. The summed E-state index contributed by atoms with van der Waals surface area (Å²) < 4.78 is 5.53. The SMILES string of the molecule is CCNC(=S)N(CCCOCC)C(=O)[C@H]1CC[C@H]2[C@@H]3CC[C@H]4N(C)C(=O)CC[C@]4(C)[C@H]3CC[C@]12C. The van der Waals surface area contributed by atoms with Crippen molar-refractivity contribution < 1.29 is 14.3 Å². The largest absolute Gasteiger partial charge is 0.382 e. The van der Waals surface area contributed by atoms with Crippen LogP contribution in [0.5, 0.6) is 0 Å². The number of amides is 2. The van der Waals surface area contributed by atoms with Gasteiger partial charge in [-0.05, 0) is 106 Å². The van der Waals surface area contributed by atoms with Crippen molar-refractivity contribution in [1.29, 1.82) is 0 Å². The average molecular weight is 506 g/mol. The molecule has 1 aliphatic heterocycles. The highest BCUT2D eigenvalue weighted by atomic mass is 32.1. The van der Waals surface area contributed by atoms with Crippen molar-refractivity contribution in [3.8, 4) is 0 Å². The minimum atomic E-state index is 0.0395. The summed E-state index contributed by atoms with van der Waals surface area (Å²) in [6.45, 7) is 11.6. The van der Waals surface area contributed by atoms with Gasteiger partial charge in [0.1, 0.15) is 0 Å². The summed E-state index contributed by atoms with van der Waals surface area (Å²) in [5.74, 6) is 2.50. The van der Waals surface area contributed by atoms with E-state index in [-0.39, 0.29) is 22.7 Å². The minimum Gasteiger partial charge on any atom is -0.382 e. The van der Waals surface area contributed by atoms with Crippen LogP contribution in [-0.4, -0.2) is 66.1 Å². The van der Waals surface area contributed by atoms with Gasteiger partial charge in [-0.3, -0.25) is 14.5 Å². The van der Waals surface area contributed by atoms with Crippen molar-refractivity contribution in [3.63, 3.8) is 0 Å². The first kappa shape index (κ1) is 26.8. The van der Waals surface area contributed by atoms with Gasteiger partial charge in [0, 0.05) is 51.7 Å². The normalized spacial score (nSPS) is 38.4. The number of rotatable bonds is 7. The molecule has 3 saturated carbocycles. The molecule has 7 heteroatoms. The number of hydrogen-bond donors (Lipinski definition) is 1. The molecule has 0 aromatic carbocycles. The molecule has 4 rings (SSSR count). The second-order valence-electron chi connectivity index (χ2n) is 12.0. The summed E-state index contributed by atoms with van der Waals surface area (Å²) in [6.07, 6.45) is 9.22. The minimum absolute atomic E-state index is 0.0395. The second-order valence-corrected chi connectivity index (χ2v) is 12.4. The Balaban J connectivity index is 1.51. The van der Waals surface area contributed by atoms with E-state index in [9.17, 15) is 9.59 Å². The Morgan fingerprint density at radius 1 is 1.11 bits per heavy atom. The number of ether oxygens (including phenoxy) is 1. The molecule has 4 fully saturated rings. The lowest BCUT2D eigenvalue weighted by Gasteiger charge is -2.61. The van der Waals surface area contributed by atoms with E-state index in [1.807, 2.05) is 25.8 Å². The van der Waals surface area contributed by atoms with Crippen LogP contribution >= 0.6 is 12.2 Å². The molecular weight excluding hydrogens is 458 g/mol. The van der Waals surface area contributed by atoms with Crippen LogP contribution in [-0.2, 0) is 14.3 Å². The predicted molar refractivity (Wildman–Crippen MR) is 143 cm³/mol. The van der Waals surface area contributed by atoms with Crippen molar-refractivity contribution in [1.82, 2.24) is 15.1 Å². The van der Waals surface area contributed by atoms with Crippen molar-refractivity contribution in [3.05, 3.63) is 0 Å². The molecule has 6 nitrogen and oxygen atoms in total. The van der Waals surface area contributed by atoms with Crippen molar-refractivity contribution in [2.45, 2.75) is 91.5 Å². The highest BCUT2D eigenvalue weighted by Gasteiger charge is 2.62. The van der Waals surface area contributed by atoms with E-state index >= 15 is 0 Å². The van der Waals surface area contributed by atoms with E-state index in [0.29, 0.717) is 61.0 Å². The average Bonchev–Trinajstić information content (AvgIpc) is 3.19. The molecule has 4 aliphatic rings. The molecule has 1 saturated heterocycles. The lowest BCUT2D eigenvalue weighted by Crippen LogP contribution is -2.61. The molecule has 0 spiro atoms. The molecule has 1 heterocycles. The van der Waals surface area contributed by atoms with Gasteiger partial charge in [0.15, 0.2) is 5.11 Å². The van der Waals surface area contributed by atoms with Gasteiger partial charge in [-0.25, -0.2) is 0 Å². The highest BCUT2D eigenvalue weighted by molar-refractivity contribution is 7.80. The third kappa shape index (κ3) is 4.65. The topological polar surface area (TPSA) is 61.9 Å². The van der Waals surface area contributed by atoms with Crippen LogP contribution in [0.4, 0.5) is 0 Å². The number of carbonyl (C=O) groups is 2. The van der Waals surface area contributed by atoms with Crippen LogP contribution in [0.1, 0.15) is 85.5 Å². The smallest absolute Gasteiger partial charge is 0.232 e. The highest BCUT2D eigenvalue weighted by Crippen LogP contribution is 2.66. The molecule has 0 bridgehead atoms. The van der Waals surface area contributed by atoms with Crippen LogP contribution < -0.4 is 5.32 Å². The van der Waals surface area contributed by atoms with Crippen molar-refractivity contribution >= 4 is 29.1 Å². The fraction of sp³-hybridized carbons (Fsp3) is 0.893. The fourth-order valence-electron chi connectivity index (χ4n) is 8.77. The maximum atomic E-state index is 14.0. The van der Waals surface area contributed by atoms with Crippen LogP contribution in [0, 0.1) is 34.5 Å². The van der Waals surface area contributed by atoms with E-state index in [4.69, 9.17) is 17.0 Å². The van der Waals surface area contributed by atoms with Gasteiger partial charge in [0.2, 0.25) is 11.8 Å². The molecule has 3 aliphatic carbocycles. The first-order valence-corrected chi connectivity index (χ1v) is 14.5. The molecule has 0 radical (unpaired) electrons. The summed E-state index contributed by atoms with van der Waals surface area (Å²) in [5.41, 5.74) is 0.255. The van der Waals surface area contributed by atoms with E-state index in [2.05, 4.69) is 24.1 Å². The number of thiocarbonyl (C=S) groups is 1. The van der Waals surface area contributed by atoms with Gasteiger partial charge < -0.3 is 15.0 Å². The number of nitrogens with one attached hydrogen (secondary N) is 1. The number of nitrogens with zero attached hydrogens (tertiary/aromatic N) is 2. The molecular formula is C28H47N3O3S. The Hall–Kier alpha value is -1.21. The zero-order valence-corrected chi connectivity index (χ0v) is 23.4. The predicted octanol–water partition coefficient (Wildman–Crippen LogP) is 4.62. The van der Waals surface area contributed by atoms with Gasteiger partial charge in [-0.2, -0.15) is 0 Å². The number of fused-ring (bicyclic) bond motifs is 5. The third-order valence-corrected chi connectivity index (χ3v) is 10.9. The van der Waals surface area contributed by atoms with Crippen LogP contribution in [0.15, 0.2) is 0 Å². The molecule has 1 N–H and O–H groups in total. The zero-order chi connectivity index (χ0) is 25.4. The Kier molecular flexibility index (Phi) is 8.16. The van der Waals surface area contributed by atoms with Gasteiger partial charge in [0.05, 0.1) is 0 Å². The summed E-state index contributed by atoms with van der Waals surface area (Å²) >= 11 is 5.66. The van der Waals surface area contributed by atoms with Gasteiger partial charge in [-0.1, -0.05) is 13.8 Å². The number of carbonyl (C=O) groups excluding carboxylic acids is 2. The fourth-order valence-corrected chi connectivity index (χ4v) is 9.10. The van der Waals surface area contributed by atoms with Gasteiger partial charge in [-0.15, -0.1) is 0 Å². The summed E-state index contributed by atoms with van der Waals surface area (Å²) in [5, 5.41) is 3.80. The molecule has 198 valence electrons. The Labute approximate surface area is 217 Å². The van der Waals surface area contributed by atoms with E-state index in [1.54, 1.807) is 0 Å². The maximum absolute atomic E-state index is 14.0. The molecule has 0 unspecified atom stereocenters. The Bertz CT molecular complexity index is 821. The Morgan fingerprint density at radius 2 is 1.86 bits per heavy atom. The van der Waals surface area contributed by atoms with Crippen LogP contribution in [0.2, 0.25) is 0 Å². The monoisotopic (exact) mass is 505 g/mol. The zero-order valence-electron chi connectivity index (χ0n) is 22.6. The first-order chi connectivity index (χ1) is 16.7. The van der Waals surface area contributed by atoms with Crippen molar-refractivity contribution in [2.24, 2.45) is 34.5 Å². The van der Waals surface area contributed by atoms with E-state index in [0.717, 1.165) is 45.1 Å². The quantitative estimate of drug-likeness (QED) is 0.404. The molecule has 35 heavy (non-hydrogen) atoms. The maximum Gasteiger partial charge on any atom is 0.232 e. The standard InChI is InChI=1S/C28H47N3O3S/c1-6-29-26(35)31(17-8-18-34-7-2)25(33)22-11-10-20-19-9-12-23-28(4,16-14-24(32)30(23)5)21(19)13-15-27(20,22)3/h19-23H,6-18H2,1-5H3,(H,29,35)/t19-,20-,21-,22+,23+,27-,28+/m0/s1. The summed E-state index contributed by atoms with van der Waals surface area (Å²) in [7, 11) is 2.02. The third-order valence-electron chi connectivity index (χ3n) is 10.6. The van der Waals surface area contributed by atoms with Gasteiger partial charge in [0.25, 0.3) is 0 Å². The molecule has 2 amide bonds. The summed E-state index contributed by atoms with van der Waals surface area (Å²) in [6, 6.07) is 0.381. The lowest BCUT2D eigenvalue weighted by molar-refractivity contribution is -0.160. The first-order valence-electron chi connectivity index (χ1n) is 14.1. The number of likely N-dealkylation sites (tertiary alicyclic amines) is 1.